The van der Waals surface area contributed by atoms with Gasteiger partial charge in [-0.3, -0.25) is 4.79 Å². The van der Waals surface area contributed by atoms with Crippen molar-refractivity contribution >= 4 is 11.6 Å². The van der Waals surface area contributed by atoms with E-state index in [0.29, 0.717) is 12.3 Å². The van der Waals surface area contributed by atoms with Crippen LogP contribution in [0.1, 0.15) is 45.1 Å². The molecule has 0 saturated heterocycles. The van der Waals surface area contributed by atoms with Crippen LogP contribution in [0.2, 0.25) is 0 Å². The first kappa shape index (κ1) is 15.3. The van der Waals surface area contributed by atoms with E-state index in [9.17, 15) is 4.79 Å². The fraction of sp³-hybridized carbons (Fsp3) is 0.438. The monoisotopic (exact) mass is 260 g/mol. The second kappa shape index (κ2) is 7.62. The van der Waals surface area contributed by atoms with Gasteiger partial charge in [0, 0.05) is 18.2 Å². The molecule has 0 fully saturated rings. The molecule has 0 aliphatic heterocycles. The first-order valence-electron chi connectivity index (χ1n) is 6.79. The topological polar surface area (TPSA) is 41.1 Å². The van der Waals surface area contributed by atoms with Crippen LogP contribution < -0.4 is 10.6 Å². The normalized spacial score (nSPS) is 12.0. The van der Waals surface area contributed by atoms with Gasteiger partial charge < -0.3 is 10.6 Å². The first-order chi connectivity index (χ1) is 9.02. The van der Waals surface area contributed by atoms with Crippen molar-refractivity contribution in [2.75, 3.05) is 5.32 Å². The van der Waals surface area contributed by atoms with Gasteiger partial charge in [0.1, 0.15) is 0 Å². The molecule has 0 heterocycles. The number of hydrogen-bond acceptors (Lipinski definition) is 2. The Hall–Kier alpha value is -1.77. The summed E-state index contributed by atoms with van der Waals surface area (Å²) in [5, 5.41) is 5.98. The van der Waals surface area contributed by atoms with Crippen molar-refractivity contribution in [1.29, 1.82) is 0 Å². The molecule has 104 valence electrons. The van der Waals surface area contributed by atoms with E-state index in [0.717, 1.165) is 12.1 Å². The number of benzene rings is 1. The smallest absolute Gasteiger partial charge is 0.223 e. The quantitative estimate of drug-likeness (QED) is 0.785. The zero-order valence-corrected chi connectivity index (χ0v) is 12.1. The van der Waals surface area contributed by atoms with Crippen molar-refractivity contribution in [2.24, 2.45) is 0 Å². The summed E-state index contributed by atoms with van der Waals surface area (Å²) in [7, 11) is 0. The van der Waals surface area contributed by atoms with Crippen LogP contribution in [0.15, 0.2) is 37.0 Å². The molecule has 19 heavy (non-hydrogen) atoms. The van der Waals surface area contributed by atoms with E-state index in [1.54, 1.807) is 0 Å². The van der Waals surface area contributed by atoms with Gasteiger partial charge in [0.05, 0.1) is 0 Å². The molecule has 0 bridgehead atoms. The van der Waals surface area contributed by atoms with Crippen LogP contribution in [0.3, 0.4) is 0 Å². The van der Waals surface area contributed by atoms with Crippen molar-refractivity contribution in [2.45, 2.75) is 45.6 Å². The Bertz CT molecular complexity index is 409. The van der Waals surface area contributed by atoms with Crippen LogP contribution in [-0.4, -0.2) is 11.9 Å². The Balaban J connectivity index is 2.41. The first-order valence-corrected chi connectivity index (χ1v) is 6.79. The lowest BCUT2D eigenvalue weighted by atomic mass is 10.0. The molecule has 2 N–H and O–H groups in total. The summed E-state index contributed by atoms with van der Waals surface area (Å²) in [6, 6.07) is 8.74. The summed E-state index contributed by atoms with van der Waals surface area (Å²) in [6.45, 7) is 9.92. The molecule has 1 amide bonds. The number of carbonyl (C=O) groups excluding carboxylic acids is 1. The second-order valence-electron chi connectivity index (χ2n) is 5.13. The van der Waals surface area contributed by atoms with Crippen molar-refractivity contribution in [3.05, 3.63) is 42.6 Å². The van der Waals surface area contributed by atoms with Crippen molar-refractivity contribution in [3.63, 3.8) is 0 Å². The Morgan fingerprint density at radius 1 is 1.26 bits per heavy atom. The van der Waals surface area contributed by atoms with Gasteiger partial charge in [0.15, 0.2) is 0 Å². The molecular formula is C16H24N2O. The van der Waals surface area contributed by atoms with Crippen LogP contribution >= 0.6 is 0 Å². The van der Waals surface area contributed by atoms with Gasteiger partial charge in [-0.05, 0) is 43.2 Å². The molecule has 3 heteroatoms. The number of nitrogens with one attached hydrogen (secondary N) is 2. The SMILES string of the molecule is C=CNC(=O)CCC(C)Nc1ccc(C(C)C)cc1. The van der Waals surface area contributed by atoms with E-state index < -0.39 is 0 Å². The average Bonchev–Trinajstić information content (AvgIpc) is 2.37. The molecular weight excluding hydrogens is 236 g/mol. The Labute approximate surface area is 116 Å². The van der Waals surface area contributed by atoms with Gasteiger partial charge in [-0.1, -0.05) is 32.6 Å². The van der Waals surface area contributed by atoms with Gasteiger partial charge in [-0.25, -0.2) is 0 Å². The van der Waals surface area contributed by atoms with Crippen LogP contribution in [0.25, 0.3) is 0 Å². The molecule has 1 unspecified atom stereocenters. The highest BCUT2D eigenvalue weighted by Crippen LogP contribution is 2.18. The van der Waals surface area contributed by atoms with Crippen LogP contribution in [-0.2, 0) is 4.79 Å². The number of anilines is 1. The third-order valence-corrected chi connectivity index (χ3v) is 3.06. The molecule has 1 aromatic carbocycles. The van der Waals surface area contributed by atoms with Gasteiger partial charge in [-0.2, -0.15) is 0 Å². The minimum absolute atomic E-state index is 0.0128. The van der Waals surface area contributed by atoms with Crippen LogP contribution in [0.4, 0.5) is 5.69 Å². The number of amides is 1. The molecule has 0 radical (unpaired) electrons. The maximum Gasteiger partial charge on any atom is 0.223 e. The van der Waals surface area contributed by atoms with E-state index in [-0.39, 0.29) is 11.9 Å². The molecule has 0 saturated carbocycles. The van der Waals surface area contributed by atoms with Crippen molar-refractivity contribution in [3.8, 4) is 0 Å². The largest absolute Gasteiger partial charge is 0.383 e. The van der Waals surface area contributed by atoms with E-state index in [4.69, 9.17) is 0 Å². The van der Waals surface area contributed by atoms with Gasteiger partial charge in [0.2, 0.25) is 5.91 Å². The number of rotatable bonds is 7. The lowest BCUT2D eigenvalue weighted by Crippen LogP contribution is -2.21. The van der Waals surface area contributed by atoms with Gasteiger partial charge >= 0.3 is 0 Å². The Morgan fingerprint density at radius 3 is 2.42 bits per heavy atom. The number of hydrogen-bond donors (Lipinski definition) is 2. The summed E-state index contributed by atoms with van der Waals surface area (Å²) < 4.78 is 0. The summed E-state index contributed by atoms with van der Waals surface area (Å²) in [6.07, 6.45) is 2.72. The van der Waals surface area contributed by atoms with E-state index in [1.807, 2.05) is 0 Å². The fourth-order valence-electron chi connectivity index (χ4n) is 1.85. The highest BCUT2D eigenvalue weighted by molar-refractivity contribution is 5.76. The van der Waals surface area contributed by atoms with Crippen LogP contribution in [0, 0.1) is 0 Å². The van der Waals surface area contributed by atoms with E-state index >= 15 is 0 Å². The molecule has 1 atom stereocenters. The third-order valence-electron chi connectivity index (χ3n) is 3.06. The third kappa shape index (κ3) is 5.60. The summed E-state index contributed by atoms with van der Waals surface area (Å²) in [4.78, 5) is 11.3. The van der Waals surface area contributed by atoms with E-state index in [1.165, 1.54) is 11.8 Å². The summed E-state index contributed by atoms with van der Waals surface area (Å²) in [5.74, 6) is 0.563. The molecule has 0 aliphatic carbocycles. The average molecular weight is 260 g/mol. The summed E-state index contributed by atoms with van der Waals surface area (Å²) in [5.41, 5.74) is 2.43. The molecule has 0 aliphatic rings. The molecule has 0 spiro atoms. The predicted molar refractivity (Wildman–Crippen MR) is 81.2 cm³/mol. The molecule has 0 aromatic heterocycles. The standard InChI is InChI=1S/C16H24N2O/c1-5-17-16(19)11-6-13(4)18-15-9-7-14(8-10-15)12(2)3/h5,7-10,12-13,18H,1,6,11H2,2-4H3,(H,17,19). The zero-order valence-electron chi connectivity index (χ0n) is 12.1. The fourth-order valence-corrected chi connectivity index (χ4v) is 1.85. The maximum atomic E-state index is 11.3. The molecule has 1 rings (SSSR count). The molecule has 1 aromatic rings. The van der Waals surface area contributed by atoms with Crippen molar-refractivity contribution in [1.82, 2.24) is 5.32 Å². The highest BCUT2D eigenvalue weighted by Gasteiger charge is 2.06. The minimum Gasteiger partial charge on any atom is -0.383 e. The van der Waals surface area contributed by atoms with Gasteiger partial charge in [-0.15, -0.1) is 0 Å². The van der Waals surface area contributed by atoms with E-state index in [2.05, 4.69) is 62.2 Å². The van der Waals surface area contributed by atoms with Crippen molar-refractivity contribution < 1.29 is 4.79 Å². The number of carbonyl (C=O) groups is 1. The molecule has 3 nitrogen and oxygen atoms in total. The second-order valence-corrected chi connectivity index (χ2v) is 5.13. The van der Waals surface area contributed by atoms with Crippen LogP contribution in [0.5, 0.6) is 0 Å². The lowest BCUT2D eigenvalue weighted by molar-refractivity contribution is -0.120. The Kier molecular flexibility index (Phi) is 6.13. The summed E-state index contributed by atoms with van der Waals surface area (Å²) >= 11 is 0. The maximum absolute atomic E-state index is 11.3. The van der Waals surface area contributed by atoms with Gasteiger partial charge in [0.25, 0.3) is 0 Å². The highest BCUT2D eigenvalue weighted by atomic mass is 16.1. The minimum atomic E-state index is 0.0128. The Morgan fingerprint density at radius 2 is 1.89 bits per heavy atom. The zero-order chi connectivity index (χ0) is 14.3. The lowest BCUT2D eigenvalue weighted by Gasteiger charge is -2.15. The predicted octanol–water partition coefficient (Wildman–Crippen LogP) is 3.65.